The molecule has 0 aliphatic rings. The summed E-state index contributed by atoms with van der Waals surface area (Å²) < 4.78 is 0. The van der Waals surface area contributed by atoms with Crippen molar-refractivity contribution in [3.05, 3.63) is 23.8 Å². The summed E-state index contributed by atoms with van der Waals surface area (Å²) in [6.45, 7) is 8.67. The number of hydrogen-bond acceptors (Lipinski definition) is 1. The van der Waals surface area contributed by atoms with Crippen LogP contribution < -0.4 is 0 Å². The molecular weight excluding hydrogens is 160 g/mol. The van der Waals surface area contributed by atoms with Crippen molar-refractivity contribution in [3.8, 4) is 0 Å². The second kappa shape index (κ2) is 6.64. The van der Waals surface area contributed by atoms with E-state index in [2.05, 4.69) is 33.8 Å². The van der Waals surface area contributed by atoms with Gasteiger partial charge in [-0.1, -0.05) is 39.8 Å². The van der Waals surface area contributed by atoms with Gasteiger partial charge in [-0.3, -0.25) is 4.79 Å². The lowest BCUT2D eigenvalue weighted by molar-refractivity contribution is -0.104. The summed E-state index contributed by atoms with van der Waals surface area (Å²) in [4.78, 5) is 10.2. The Kier molecular flexibility index (Phi) is 6.21. The molecule has 0 unspecified atom stereocenters. The van der Waals surface area contributed by atoms with Gasteiger partial charge < -0.3 is 0 Å². The van der Waals surface area contributed by atoms with E-state index in [4.69, 9.17) is 0 Å². The van der Waals surface area contributed by atoms with Crippen LogP contribution in [0, 0.1) is 11.8 Å². The van der Waals surface area contributed by atoms with Crippen LogP contribution in [-0.2, 0) is 4.79 Å². The molecular formula is C12H20O. The van der Waals surface area contributed by atoms with Gasteiger partial charge in [0.1, 0.15) is 6.29 Å². The van der Waals surface area contributed by atoms with Crippen LogP contribution in [0.25, 0.3) is 0 Å². The average Bonchev–Trinajstić information content (AvgIpc) is 2.03. The molecule has 0 N–H and O–H groups in total. The van der Waals surface area contributed by atoms with Crippen LogP contribution >= 0.6 is 0 Å². The van der Waals surface area contributed by atoms with E-state index in [1.165, 1.54) is 5.57 Å². The van der Waals surface area contributed by atoms with Crippen LogP contribution in [0.1, 0.15) is 34.1 Å². The summed E-state index contributed by atoms with van der Waals surface area (Å²) in [7, 11) is 0. The normalized spacial score (nSPS) is 13.2. The van der Waals surface area contributed by atoms with Gasteiger partial charge in [0.05, 0.1) is 0 Å². The molecule has 13 heavy (non-hydrogen) atoms. The highest BCUT2D eigenvalue weighted by Crippen LogP contribution is 2.14. The standard InChI is InChI=1S/C12H20O/c1-10(2)7-8-12(11(3)4)6-5-9-13/h5-6,8-11H,7H2,1-4H3/b6-5+,12-8?. The molecule has 0 rings (SSSR count). The molecule has 1 nitrogen and oxygen atoms in total. The molecule has 0 atom stereocenters. The minimum atomic E-state index is 0.495. The third-order valence-corrected chi connectivity index (χ3v) is 1.86. The molecule has 0 spiro atoms. The number of hydrogen-bond donors (Lipinski definition) is 0. The Hall–Kier alpha value is -0.850. The first-order valence-corrected chi connectivity index (χ1v) is 4.89. The van der Waals surface area contributed by atoms with E-state index >= 15 is 0 Å². The molecule has 74 valence electrons. The molecule has 0 amide bonds. The van der Waals surface area contributed by atoms with Gasteiger partial charge in [-0.25, -0.2) is 0 Å². The second-order valence-corrected chi connectivity index (χ2v) is 3.98. The largest absolute Gasteiger partial charge is 0.299 e. The molecule has 0 fully saturated rings. The summed E-state index contributed by atoms with van der Waals surface area (Å²) >= 11 is 0. The Bertz CT molecular complexity index is 197. The smallest absolute Gasteiger partial charge is 0.142 e. The molecule has 0 aromatic rings. The molecule has 0 heterocycles. The lowest BCUT2D eigenvalue weighted by Gasteiger charge is -2.07. The van der Waals surface area contributed by atoms with Gasteiger partial charge in [0.25, 0.3) is 0 Å². The lowest BCUT2D eigenvalue weighted by atomic mass is 9.99. The molecule has 0 aliphatic heterocycles. The minimum Gasteiger partial charge on any atom is -0.299 e. The Labute approximate surface area is 81.5 Å². The Morgan fingerprint density at radius 2 is 1.85 bits per heavy atom. The van der Waals surface area contributed by atoms with Gasteiger partial charge in [-0.2, -0.15) is 0 Å². The van der Waals surface area contributed by atoms with E-state index < -0.39 is 0 Å². The highest BCUT2D eigenvalue weighted by atomic mass is 16.1. The van der Waals surface area contributed by atoms with Crippen LogP contribution in [0.3, 0.4) is 0 Å². The Balaban J connectivity index is 4.31. The summed E-state index contributed by atoms with van der Waals surface area (Å²) in [5, 5.41) is 0. The Morgan fingerprint density at radius 1 is 1.23 bits per heavy atom. The maximum atomic E-state index is 10.2. The molecule has 0 aromatic heterocycles. The number of allylic oxidation sites excluding steroid dienone is 4. The first kappa shape index (κ1) is 12.2. The van der Waals surface area contributed by atoms with Crippen LogP contribution in [0.5, 0.6) is 0 Å². The summed E-state index contributed by atoms with van der Waals surface area (Å²) in [6.07, 6.45) is 7.59. The predicted octanol–water partition coefficient (Wildman–Crippen LogP) is 3.37. The fourth-order valence-corrected chi connectivity index (χ4v) is 1.02. The number of carbonyl (C=O) groups excluding carboxylic acids is 1. The number of rotatable bonds is 5. The number of aldehydes is 1. The molecule has 1 heteroatoms. The van der Waals surface area contributed by atoms with Gasteiger partial charge in [-0.05, 0) is 29.9 Å². The van der Waals surface area contributed by atoms with Crippen molar-refractivity contribution in [3.63, 3.8) is 0 Å². The first-order valence-electron chi connectivity index (χ1n) is 4.89. The monoisotopic (exact) mass is 180 g/mol. The highest BCUT2D eigenvalue weighted by molar-refractivity contribution is 5.65. The van der Waals surface area contributed by atoms with E-state index in [-0.39, 0.29) is 0 Å². The van der Waals surface area contributed by atoms with Gasteiger partial charge in [0, 0.05) is 0 Å². The van der Waals surface area contributed by atoms with Crippen molar-refractivity contribution >= 4 is 6.29 Å². The molecule has 0 aromatic carbocycles. The minimum absolute atomic E-state index is 0.495. The van der Waals surface area contributed by atoms with Crippen LogP contribution in [0.4, 0.5) is 0 Å². The lowest BCUT2D eigenvalue weighted by Crippen LogP contribution is -1.92. The quantitative estimate of drug-likeness (QED) is 0.360. The first-order chi connectivity index (χ1) is 6.07. The van der Waals surface area contributed by atoms with Gasteiger partial charge in [0.15, 0.2) is 0 Å². The predicted molar refractivity (Wildman–Crippen MR) is 57.6 cm³/mol. The van der Waals surface area contributed by atoms with Crippen LogP contribution in [-0.4, -0.2) is 6.29 Å². The van der Waals surface area contributed by atoms with E-state index in [1.807, 2.05) is 6.08 Å². The van der Waals surface area contributed by atoms with Crippen molar-refractivity contribution in [2.75, 3.05) is 0 Å². The van der Waals surface area contributed by atoms with E-state index in [0.29, 0.717) is 11.8 Å². The third kappa shape index (κ3) is 6.32. The SMILES string of the molecule is CC(C)CC=C(/C=C/C=O)C(C)C. The maximum absolute atomic E-state index is 10.2. The fraction of sp³-hybridized carbons (Fsp3) is 0.583. The van der Waals surface area contributed by atoms with Crippen molar-refractivity contribution in [1.29, 1.82) is 0 Å². The zero-order valence-electron chi connectivity index (χ0n) is 9.08. The van der Waals surface area contributed by atoms with Crippen molar-refractivity contribution in [1.82, 2.24) is 0 Å². The van der Waals surface area contributed by atoms with Crippen molar-refractivity contribution in [2.24, 2.45) is 11.8 Å². The molecule has 0 saturated carbocycles. The van der Waals surface area contributed by atoms with E-state index in [1.54, 1.807) is 6.08 Å². The molecule has 0 aliphatic carbocycles. The van der Waals surface area contributed by atoms with Gasteiger partial charge in [-0.15, -0.1) is 0 Å². The van der Waals surface area contributed by atoms with Crippen molar-refractivity contribution in [2.45, 2.75) is 34.1 Å². The van der Waals surface area contributed by atoms with E-state index in [9.17, 15) is 4.79 Å². The second-order valence-electron chi connectivity index (χ2n) is 3.98. The summed E-state index contributed by atoms with van der Waals surface area (Å²) in [6, 6.07) is 0. The van der Waals surface area contributed by atoms with E-state index in [0.717, 1.165) is 12.7 Å². The summed E-state index contributed by atoms with van der Waals surface area (Å²) in [5.74, 6) is 1.17. The maximum Gasteiger partial charge on any atom is 0.142 e. The fourth-order valence-electron chi connectivity index (χ4n) is 1.02. The van der Waals surface area contributed by atoms with Gasteiger partial charge in [0.2, 0.25) is 0 Å². The zero-order chi connectivity index (χ0) is 10.3. The zero-order valence-corrected chi connectivity index (χ0v) is 9.08. The number of carbonyl (C=O) groups is 1. The van der Waals surface area contributed by atoms with Crippen LogP contribution in [0.2, 0.25) is 0 Å². The average molecular weight is 180 g/mol. The van der Waals surface area contributed by atoms with Crippen LogP contribution in [0.15, 0.2) is 23.8 Å². The molecule has 0 saturated heterocycles. The molecule has 0 bridgehead atoms. The third-order valence-electron chi connectivity index (χ3n) is 1.86. The topological polar surface area (TPSA) is 17.1 Å². The Morgan fingerprint density at radius 3 is 2.23 bits per heavy atom. The molecule has 0 radical (unpaired) electrons. The highest BCUT2D eigenvalue weighted by Gasteiger charge is 1.99. The summed E-state index contributed by atoms with van der Waals surface area (Å²) in [5.41, 5.74) is 1.25. The van der Waals surface area contributed by atoms with Crippen molar-refractivity contribution < 1.29 is 4.79 Å². The van der Waals surface area contributed by atoms with Gasteiger partial charge >= 0.3 is 0 Å².